The van der Waals surface area contributed by atoms with E-state index in [-0.39, 0.29) is 25.7 Å². The minimum Gasteiger partial charge on any atom is -0.392 e. The molecule has 4 heterocycles. The molecule has 176 valence electrons. The molecule has 33 heavy (non-hydrogen) atoms. The summed E-state index contributed by atoms with van der Waals surface area (Å²) >= 11 is 0. The van der Waals surface area contributed by atoms with Gasteiger partial charge in [0.25, 0.3) is 0 Å². The molecule has 2 unspecified atom stereocenters. The van der Waals surface area contributed by atoms with E-state index in [0.29, 0.717) is 18.0 Å². The highest BCUT2D eigenvalue weighted by Crippen LogP contribution is 2.59. The van der Waals surface area contributed by atoms with E-state index < -0.39 is 16.0 Å². The van der Waals surface area contributed by atoms with E-state index in [2.05, 4.69) is 27.0 Å². The Balaban J connectivity index is 1.34. The number of fused-ring (bicyclic) bond motifs is 1. The molecular formula is C24H32N5O2PS. The summed E-state index contributed by atoms with van der Waals surface area (Å²) < 4.78 is 30.6. The molecule has 2 N–H and O–H groups in total. The van der Waals surface area contributed by atoms with Crippen molar-refractivity contribution in [2.75, 3.05) is 13.1 Å². The first kappa shape index (κ1) is 22.8. The second kappa shape index (κ2) is 8.05. The maximum absolute atomic E-state index is 13.5. The molecule has 9 heteroatoms. The van der Waals surface area contributed by atoms with Gasteiger partial charge < -0.3 is 9.67 Å². The first-order chi connectivity index (χ1) is 15.7. The van der Waals surface area contributed by atoms with Crippen LogP contribution in [0.5, 0.6) is 0 Å². The van der Waals surface area contributed by atoms with E-state index in [0.717, 1.165) is 47.1 Å². The predicted octanol–water partition coefficient (Wildman–Crippen LogP) is 4.48. The molecule has 1 saturated heterocycles. The molecule has 2 aromatic rings. The zero-order valence-electron chi connectivity index (χ0n) is 19.4. The highest BCUT2D eigenvalue weighted by molar-refractivity contribution is 7.90. The number of imidazole rings is 1. The van der Waals surface area contributed by atoms with Crippen molar-refractivity contribution >= 4 is 23.8 Å². The Morgan fingerprint density at radius 3 is 2.67 bits per heavy atom. The van der Waals surface area contributed by atoms with Gasteiger partial charge in [-0.1, -0.05) is 24.8 Å². The molecule has 5 rings (SSSR count). The molecule has 5 atom stereocenters. The van der Waals surface area contributed by atoms with E-state index >= 15 is 0 Å². The lowest BCUT2D eigenvalue weighted by molar-refractivity contribution is -0.152. The number of rotatable bonds is 5. The Bertz CT molecular complexity index is 1240. The van der Waals surface area contributed by atoms with Gasteiger partial charge in [-0.05, 0) is 59.4 Å². The summed E-state index contributed by atoms with van der Waals surface area (Å²) in [6.45, 7) is 11.0. The van der Waals surface area contributed by atoms with E-state index in [9.17, 15) is 9.32 Å². The SMILES string of the molecule is C=CC1=C(/C=C\C)c2cncn2[C@H]1[C@@H]1CC2(CCN(S(=N)(=O)c3c(C)n[pH]c3C)CC2)[C@@H]1O. The van der Waals surface area contributed by atoms with Gasteiger partial charge in [0.2, 0.25) is 0 Å². The van der Waals surface area contributed by atoms with Crippen LogP contribution in [0.4, 0.5) is 0 Å². The number of aliphatic hydroxyl groups excluding tert-OH is 1. The molecule has 0 amide bonds. The highest BCUT2D eigenvalue weighted by Gasteiger charge is 2.58. The largest absolute Gasteiger partial charge is 0.392 e. The van der Waals surface area contributed by atoms with Gasteiger partial charge in [0.05, 0.1) is 41.0 Å². The molecule has 3 aliphatic rings. The van der Waals surface area contributed by atoms with Crippen LogP contribution in [-0.2, 0) is 9.92 Å². The number of allylic oxidation sites excluding steroid dienone is 5. The van der Waals surface area contributed by atoms with Crippen LogP contribution >= 0.6 is 8.35 Å². The lowest BCUT2D eigenvalue weighted by Gasteiger charge is -2.58. The van der Waals surface area contributed by atoms with Gasteiger partial charge in [-0.25, -0.2) is 23.0 Å². The Labute approximate surface area is 197 Å². The molecule has 1 saturated carbocycles. The average Bonchev–Trinajstić information content (AvgIpc) is 3.47. The number of aliphatic hydroxyl groups is 1. The Morgan fingerprint density at radius 1 is 1.36 bits per heavy atom. The number of aromatic nitrogens is 3. The van der Waals surface area contributed by atoms with Crippen molar-refractivity contribution in [3.63, 3.8) is 0 Å². The first-order valence-corrected chi connectivity index (χ1v) is 14.0. The lowest BCUT2D eigenvalue weighted by Crippen LogP contribution is -2.59. The van der Waals surface area contributed by atoms with E-state index in [1.54, 1.807) is 0 Å². The molecule has 1 aliphatic carbocycles. The normalized spacial score (nSPS) is 29.0. The number of hydrogen-bond donors (Lipinski definition) is 2. The van der Waals surface area contributed by atoms with Crippen molar-refractivity contribution in [2.45, 2.75) is 57.1 Å². The fraction of sp³-hybridized carbons (Fsp3) is 0.500. The van der Waals surface area contributed by atoms with Gasteiger partial charge >= 0.3 is 0 Å². The molecule has 2 aromatic heterocycles. The van der Waals surface area contributed by atoms with Crippen LogP contribution in [0.15, 0.2) is 47.8 Å². The van der Waals surface area contributed by atoms with Gasteiger partial charge in [-0.3, -0.25) is 0 Å². The van der Waals surface area contributed by atoms with Crippen LogP contribution in [0.25, 0.3) is 5.57 Å². The number of piperidine rings is 1. The third kappa shape index (κ3) is 3.26. The maximum Gasteiger partial charge on any atom is 0.139 e. The summed E-state index contributed by atoms with van der Waals surface area (Å²) in [6, 6.07) is 0.0383. The Morgan fingerprint density at radius 2 is 2.09 bits per heavy atom. The Kier molecular flexibility index (Phi) is 5.56. The number of nitrogens with zero attached hydrogens (tertiary/aromatic N) is 4. The van der Waals surface area contributed by atoms with E-state index in [1.165, 1.54) is 0 Å². The van der Waals surface area contributed by atoms with E-state index in [4.69, 9.17) is 4.78 Å². The number of nitrogens with one attached hydrogen (secondary N) is 1. The fourth-order valence-corrected chi connectivity index (χ4v) is 9.43. The minimum absolute atomic E-state index is 0.0383. The summed E-state index contributed by atoms with van der Waals surface area (Å²) in [7, 11) is -2.75. The van der Waals surface area contributed by atoms with Crippen molar-refractivity contribution in [2.24, 2.45) is 11.3 Å². The van der Waals surface area contributed by atoms with Crippen LogP contribution in [0, 0.1) is 30.0 Å². The van der Waals surface area contributed by atoms with Crippen molar-refractivity contribution in [3.8, 4) is 0 Å². The van der Waals surface area contributed by atoms with Gasteiger partial charge in [0, 0.05) is 29.9 Å². The zero-order chi connectivity index (χ0) is 23.5. The number of hydrogen-bond acceptors (Lipinski definition) is 5. The summed E-state index contributed by atoms with van der Waals surface area (Å²) in [5, 5.41) is 12.4. The quantitative estimate of drug-likeness (QED) is 0.653. The van der Waals surface area contributed by atoms with Gasteiger partial charge in [0.15, 0.2) is 0 Å². The fourth-order valence-electron chi connectivity index (χ4n) is 6.25. The Hall–Kier alpha value is -1.99. The summed E-state index contributed by atoms with van der Waals surface area (Å²) in [5.41, 5.74) is 3.92. The smallest absolute Gasteiger partial charge is 0.139 e. The highest BCUT2D eigenvalue weighted by atomic mass is 32.2. The maximum atomic E-state index is 13.5. The average molecular weight is 486 g/mol. The predicted molar refractivity (Wildman–Crippen MR) is 133 cm³/mol. The summed E-state index contributed by atoms with van der Waals surface area (Å²) in [4.78, 5) is 4.98. The zero-order valence-corrected chi connectivity index (χ0v) is 21.2. The van der Waals surface area contributed by atoms with Crippen molar-refractivity contribution < 1.29 is 9.32 Å². The van der Waals surface area contributed by atoms with Crippen LogP contribution in [0.2, 0.25) is 0 Å². The standard InChI is InChI=1S/C24H32N5O2PS/c1-5-7-18-17(6-2)21(29-14-26-13-20(18)29)19-12-24(23(19)30)8-10-28(11-9-24)33(25,31)22-15(3)27-32-16(22)4/h5-7,13-14,19,21,23,25,30,32H,2,8-12H2,1,3-4H3/b7-5-/t19-,21+,23+,33?/m0/s1. The molecule has 2 fully saturated rings. The van der Waals surface area contributed by atoms with Crippen LogP contribution in [0.1, 0.15) is 48.9 Å². The van der Waals surface area contributed by atoms with Crippen molar-refractivity contribution in [3.05, 3.63) is 59.6 Å². The second-order valence-electron chi connectivity index (χ2n) is 9.60. The van der Waals surface area contributed by atoms with Gasteiger partial charge in [0.1, 0.15) is 9.92 Å². The van der Waals surface area contributed by atoms with Crippen LogP contribution in [-0.4, -0.2) is 47.1 Å². The van der Waals surface area contributed by atoms with Gasteiger partial charge in [-0.15, -0.1) is 0 Å². The lowest BCUT2D eigenvalue weighted by atomic mass is 9.53. The second-order valence-corrected chi connectivity index (χ2v) is 12.8. The van der Waals surface area contributed by atoms with Crippen molar-refractivity contribution in [1.82, 2.24) is 18.6 Å². The first-order valence-electron chi connectivity index (χ1n) is 11.5. The molecule has 0 aromatic carbocycles. The number of aryl methyl sites for hydroxylation is 2. The van der Waals surface area contributed by atoms with Crippen LogP contribution in [0.3, 0.4) is 0 Å². The minimum atomic E-state index is -3.03. The monoisotopic (exact) mass is 485 g/mol. The molecule has 1 spiro atoms. The topological polar surface area (TPSA) is 95.1 Å². The third-order valence-corrected chi connectivity index (χ3v) is 11.4. The van der Waals surface area contributed by atoms with Gasteiger partial charge in [-0.2, -0.15) is 0 Å². The van der Waals surface area contributed by atoms with Crippen LogP contribution < -0.4 is 0 Å². The molecule has 7 nitrogen and oxygen atoms in total. The summed E-state index contributed by atoms with van der Waals surface area (Å²) in [5.74, 6) is 0.0935. The molecular weight excluding hydrogens is 453 g/mol. The molecule has 0 radical (unpaired) electrons. The van der Waals surface area contributed by atoms with E-state index in [1.807, 2.05) is 49.8 Å². The summed E-state index contributed by atoms with van der Waals surface area (Å²) in [6.07, 6.45) is 11.8. The molecule has 2 aliphatic heterocycles. The third-order valence-electron chi connectivity index (χ3n) is 7.92. The van der Waals surface area contributed by atoms with Crippen molar-refractivity contribution in [1.29, 1.82) is 4.78 Å². The molecule has 0 bridgehead atoms.